The van der Waals surface area contributed by atoms with Gasteiger partial charge in [0.15, 0.2) is 11.3 Å². The van der Waals surface area contributed by atoms with Crippen LogP contribution < -0.4 is 5.32 Å². The summed E-state index contributed by atoms with van der Waals surface area (Å²) in [5.41, 5.74) is 2.48. The van der Waals surface area contributed by atoms with Crippen molar-refractivity contribution in [3.63, 3.8) is 0 Å². The maximum Gasteiger partial charge on any atom is 0.277 e. The number of fused-ring (bicyclic) bond motifs is 1. The normalized spacial score (nSPS) is 11.2. The van der Waals surface area contributed by atoms with Gasteiger partial charge in [0, 0.05) is 36.9 Å². The van der Waals surface area contributed by atoms with Crippen molar-refractivity contribution in [1.82, 2.24) is 34.2 Å². The average Bonchev–Trinajstić information content (AvgIpc) is 3.35. The van der Waals surface area contributed by atoms with Crippen molar-refractivity contribution in [2.75, 3.05) is 5.32 Å². The van der Waals surface area contributed by atoms with Gasteiger partial charge < -0.3 is 5.32 Å². The Morgan fingerprint density at radius 1 is 1.23 bits per heavy atom. The first kappa shape index (κ1) is 16.5. The lowest BCUT2D eigenvalue weighted by Crippen LogP contribution is -2.13. The molecule has 26 heavy (non-hydrogen) atoms. The Hall–Kier alpha value is -3.01. The molecule has 0 bridgehead atoms. The van der Waals surface area contributed by atoms with E-state index in [4.69, 9.17) is 0 Å². The summed E-state index contributed by atoms with van der Waals surface area (Å²) in [5, 5.41) is 15.6. The number of nitrogens with zero attached hydrogens (tertiary/aromatic N) is 7. The minimum atomic E-state index is -0.333. The van der Waals surface area contributed by atoms with E-state index in [1.807, 2.05) is 24.0 Å². The largest absolute Gasteiger partial charge is 0.318 e. The third-order valence-electron chi connectivity index (χ3n) is 3.80. The fraction of sp³-hybridized carbons (Fsp3) is 0.188. The first-order valence-corrected chi connectivity index (χ1v) is 8.77. The van der Waals surface area contributed by atoms with Crippen molar-refractivity contribution in [3.05, 3.63) is 59.0 Å². The number of halogens is 1. The van der Waals surface area contributed by atoms with Crippen LogP contribution in [0.5, 0.6) is 0 Å². The van der Waals surface area contributed by atoms with Crippen LogP contribution in [0.4, 0.5) is 5.69 Å². The molecule has 0 aliphatic rings. The number of carbonyl (C=O) groups is 1. The van der Waals surface area contributed by atoms with Crippen LogP contribution in [0.25, 0.3) is 5.65 Å². The highest BCUT2D eigenvalue weighted by molar-refractivity contribution is 9.10. The molecule has 0 unspecified atom stereocenters. The zero-order valence-corrected chi connectivity index (χ0v) is 15.5. The number of nitrogens with one attached hydrogen (secondary N) is 1. The van der Waals surface area contributed by atoms with Crippen molar-refractivity contribution in [2.45, 2.75) is 20.0 Å². The quantitative estimate of drug-likeness (QED) is 0.539. The summed E-state index contributed by atoms with van der Waals surface area (Å²) in [5.74, 6) is -0.333. The molecular formula is C16H15BrN8O. The predicted molar refractivity (Wildman–Crippen MR) is 97.9 cm³/mol. The van der Waals surface area contributed by atoms with Crippen LogP contribution in [-0.2, 0) is 13.1 Å². The Labute approximate surface area is 156 Å². The Kier molecular flexibility index (Phi) is 4.25. The average molecular weight is 415 g/mol. The maximum atomic E-state index is 12.5. The van der Waals surface area contributed by atoms with Crippen LogP contribution >= 0.6 is 15.9 Å². The number of aromatic nitrogens is 7. The van der Waals surface area contributed by atoms with Crippen LogP contribution in [-0.4, -0.2) is 40.1 Å². The van der Waals surface area contributed by atoms with Crippen LogP contribution in [0.1, 0.15) is 23.0 Å². The SMILES string of the molecule is CCn1cc(Cn2cc(NC(=O)c3nn4cccnc4c3Br)cn2)cn1. The first-order chi connectivity index (χ1) is 12.6. The maximum absolute atomic E-state index is 12.5. The first-order valence-electron chi connectivity index (χ1n) is 7.98. The molecule has 0 saturated carbocycles. The highest BCUT2D eigenvalue weighted by Gasteiger charge is 2.18. The second-order valence-electron chi connectivity index (χ2n) is 5.64. The summed E-state index contributed by atoms with van der Waals surface area (Å²) >= 11 is 3.39. The van der Waals surface area contributed by atoms with E-state index in [-0.39, 0.29) is 11.6 Å². The second kappa shape index (κ2) is 6.71. The molecule has 0 aliphatic heterocycles. The Morgan fingerprint density at radius 3 is 2.85 bits per heavy atom. The van der Waals surface area contributed by atoms with E-state index in [1.54, 1.807) is 40.1 Å². The van der Waals surface area contributed by atoms with Gasteiger partial charge in [-0.2, -0.15) is 15.3 Å². The lowest BCUT2D eigenvalue weighted by atomic mass is 10.3. The van der Waals surface area contributed by atoms with Gasteiger partial charge in [-0.25, -0.2) is 9.50 Å². The molecule has 0 fully saturated rings. The molecule has 10 heteroatoms. The minimum absolute atomic E-state index is 0.265. The summed E-state index contributed by atoms with van der Waals surface area (Å²) in [7, 11) is 0. The molecule has 0 radical (unpaired) electrons. The molecule has 1 N–H and O–H groups in total. The van der Waals surface area contributed by atoms with Crippen molar-refractivity contribution in [2.24, 2.45) is 0 Å². The Morgan fingerprint density at radius 2 is 2.08 bits per heavy atom. The smallest absolute Gasteiger partial charge is 0.277 e. The summed E-state index contributed by atoms with van der Waals surface area (Å²) in [4.78, 5) is 16.7. The van der Waals surface area contributed by atoms with Gasteiger partial charge >= 0.3 is 0 Å². The topological polar surface area (TPSA) is 94.9 Å². The molecule has 1 amide bonds. The fourth-order valence-corrected chi connectivity index (χ4v) is 3.10. The van der Waals surface area contributed by atoms with Crippen LogP contribution in [0, 0.1) is 0 Å². The summed E-state index contributed by atoms with van der Waals surface area (Å²) in [6.07, 6.45) is 10.5. The molecule has 0 aromatic carbocycles. The van der Waals surface area contributed by atoms with Gasteiger partial charge in [0.2, 0.25) is 0 Å². The van der Waals surface area contributed by atoms with Crippen LogP contribution in [0.2, 0.25) is 0 Å². The van der Waals surface area contributed by atoms with E-state index in [0.29, 0.717) is 22.4 Å². The predicted octanol–water partition coefficient (Wildman–Crippen LogP) is 2.21. The lowest BCUT2D eigenvalue weighted by molar-refractivity contribution is 0.102. The van der Waals surface area contributed by atoms with Gasteiger partial charge in [-0.1, -0.05) is 0 Å². The van der Waals surface area contributed by atoms with Gasteiger partial charge in [0.05, 0.1) is 29.1 Å². The number of hydrogen-bond acceptors (Lipinski definition) is 5. The van der Waals surface area contributed by atoms with E-state index in [9.17, 15) is 4.79 Å². The molecule has 4 aromatic heterocycles. The van der Waals surface area contributed by atoms with E-state index in [0.717, 1.165) is 12.1 Å². The molecule has 0 atom stereocenters. The summed E-state index contributed by atoms with van der Waals surface area (Å²) in [6.45, 7) is 3.44. The molecule has 132 valence electrons. The third kappa shape index (κ3) is 3.10. The number of anilines is 1. The number of amides is 1. The molecule has 0 spiro atoms. The molecule has 9 nitrogen and oxygen atoms in total. The van der Waals surface area contributed by atoms with E-state index in [1.165, 1.54) is 0 Å². The highest BCUT2D eigenvalue weighted by atomic mass is 79.9. The van der Waals surface area contributed by atoms with Crippen molar-refractivity contribution in [3.8, 4) is 0 Å². The van der Waals surface area contributed by atoms with Crippen LogP contribution in [0.3, 0.4) is 0 Å². The molecular weight excluding hydrogens is 400 g/mol. The van der Waals surface area contributed by atoms with E-state index >= 15 is 0 Å². The third-order valence-corrected chi connectivity index (χ3v) is 4.53. The molecule has 4 rings (SSSR count). The lowest BCUT2D eigenvalue weighted by Gasteiger charge is -2.00. The second-order valence-corrected chi connectivity index (χ2v) is 6.43. The summed E-state index contributed by atoms with van der Waals surface area (Å²) < 4.78 is 5.70. The Bertz CT molecular complexity index is 1080. The Balaban J connectivity index is 1.49. The van der Waals surface area contributed by atoms with E-state index < -0.39 is 0 Å². The minimum Gasteiger partial charge on any atom is -0.318 e. The summed E-state index contributed by atoms with van der Waals surface area (Å²) in [6, 6.07) is 1.75. The van der Waals surface area contributed by atoms with Crippen molar-refractivity contribution in [1.29, 1.82) is 0 Å². The van der Waals surface area contributed by atoms with Crippen molar-refractivity contribution < 1.29 is 4.79 Å². The van der Waals surface area contributed by atoms with Gasteiger partial charge in [-0.05, 0) is 28.9 Å². The van der Waals surface area contributed by atoms with Gasteiger partial charge in [-0.15, -0.1) is 0 Å². The molecule has 0 saturated heterocycles. The van der Waals surface area contributed by atoms with Gasteiger partial charge in [0.1, 0.15) is 0 Å². The van der Waals surface area contributed by atoms with Gasteiger partial charge in [-0.3, -0.25) is 14.2 Å². The monoisotopic (exact) mass is 414 g/mol. The number of aryl methyl sites for hydroxylation is 1. The van der Waals surface area contributed by atoms with Crippen LogP contribution in [0.15, 0.2) is 47.7 Å². The zero-order valence-electron chi connectivity index (χ0n) is 13.9. The van der Waals surface area contributed by atoms with Gasteiger partial charge in [0.25, 0.3) is 5.91 Å². The molecule has 0 aliphatic carbocycles. The number of hydrogen-bond donors (Lipinski definition) is 1. The van der Waals surface area contributed by atoms with Crippen molar-refractivity contribution >= 4 is 33.2 Å². The zero-order chi connectivity index (χ0) is 18.1. The highest BCUT2D eigenvalue weighted by Crippen LogP contribution is 2.21. The number of rotatable bonds is 5. The fourth-order valence-electron chi connectivity index (χ4n) is 2.56. The standard InChI is InChI=1S/C16H15BrN8O/c1-2-23-8-11(6-19-23)9-24-10-12(7-20-24)21-16(26)14-13(17)15-18-4-3-5-25(15)22-14/h3-8,10H,2,9H2,1H3,(H,21,26). The molecule has 4 heterocycles. The van der Waals surface area contributed by atoms with E-state index in [2.05, 4.69) is 41.5 Å². The molecule has 4 aromatic rings. The number of carbonyl (C=O) groups excluding carboxylic acids is 1.